The van der Waals surface area contributed by atoms with Crippen LogP contribution < -0.4 is 15.4 Å². The van der Waals surface area contributed by atoms with E-state index < -0.39 is 5.82 Å². The largest absolute Gasteiger partial charge is 0.459 e. The van der Waals surface area contributed by atoms with Crippen molar-refractivity contribution in [3.8, 4) is 17.3 Å². The lowest BCUT2D eigenvalue weighted by Gasteiger charge is -2.27. The normalized spacial score (nSPS) is 17.6. The topological polar surface area (TPSA) is 178 Å². The van der Waals surface area contributed by atoms with Crippen molar-refractivity contribution in [3.63, 3.8) is 0 Å². The number of nitrogens with zero attached hydrogens (tertiary/aromatic N) is 7. The van der Waals surface area contributed by atoms with Crippen LogP contribution in [0.2, 0.25) is 0 Å². The first-order chi connectivity index (χ1) is 25.7. The Labute approximate surface area is 320 Å². The van der Waals surface area contributed by atoms with Crippen molar-refractivity contribution in [2.24, 2.45) is 5.73 Å². The van der Waals surface area contributed by atoms with Crippen molar-refractivity contribution >= 4 is 39.4 Å². The van der Waals surface area contributed by atoms with Crippen LogP contribution in [0.15, 0.2) is 43.0 Å². The zero-order valence-electron chi connectivity index (χ0n) is 32.0. The molecule has 3 aromatic heterocycles. The monoisotopic (exact) mass is 770 g/mol. The van der Waals surface area contributed by atoms with Gasteiger partial charge in [0.25, 0.3) is 0 Å². The van der Waals surface area contributed by atoms with Crippen molar-refractivity contribution in [1.29, 1.82) is 0 Å². The molecule has 0 bridgehead atoms. The number of hydroxylamine groups is 2. The summed E-state index contributed by atoms with van der Waals surface area (Å²) in [5, 5.41) is 17.2. The molecule has 2 aliphatic heterocycles. The highest BCUT2D eigenvalue weighted by molar-refractivity contribution is 7.97. The Kier molecular flexibility index (Phi) is 16.3. The summed E-state index contributed by atoms with van der Waals surface area (Å²) in [6, 6.07) is 2.10. The third kappa shape index (κ3) is 9.97. The maximum atomic E-state index is 17.3. The van der Waals surface area contributed by atoms with Crippen molar-refractivity contribution in [2.75, 3.05) is 70.6 Å². The number of ether oxygens (including phenoxy) is 3. The number of anilines is 1. The Balaban J connectivity index is 0.00000157. The fraction of sp³-hybridized carbons (Fsp3) is 0.526. The predicted molar refractivity (Wildman–Crippen MR) is 212 cm³/mol. The van der Waals surface area contributed by atoms with Crippen LogP contribution in [-0.2, 0) is 20.7 Å². The van der Waals surface area contributed by atoms with Gasteiger partial charge in [-0.15, -0.1) is 0 Å². The molecule has 1 aromatic carbocycles. The third-order valence-corrected chi connectivity index (χ3v) is 9.18. The van der Waals surface area contributed by atoms with Gasteiger partial charge in [0.1, 0.15) is 29.7 Å². The van der Waals surface area contributed by atoms with Gasteiger partial charge in [-0.05, 0) is 80.7 Å². The van der Waals surface area contributed by atoms with Gasteiger partial charge in [-0.25, -0.2) is 9.07 Å². The summed E-state index contributed by atoms with van der Waals surface area (Å²) in [4.78, 5) is 22.2. The Morgan fingerprint density at radius 3 is 2.72 bits per heavy atom. The molecule has 2 atom stereocenters. The van der Waals surface area contributed by atoms with Crippen molar-refractivity contribution < 1.29 is 34.0 Å². The molecule has 0 aliphatic carbocycles. The number of fused-ring (bicyclic) bond motifs is 2. The zero-order chi connectivity index (χ0) is 37.9. The van der Waals surface area contributed by atoms with Crippen molar-refractivity contribution in [1.82, 2.24) is 29.8 Å². The molecule has 6 rings (SSSR count). The van der Waals surface area contributed by atoms with Gasteiger partial charge in [0.2, 0.25) is 0 Å². The number of hydrogen-bond acceptors (Lipinski definition) is 13. The van der Waals surface area contributed by atoms with Gasteiger partial charge in [0, 0.05) is 56.4 Å². The summed E-state index contributed by atoms with van der Waals surface area (Å²) in [5.41, 5.74) is 9.95. The second-order valence-electron chi connectivity index (χ2n) is 13.2. The van der Waals surface area contributed by atoms with Crippen LogP contribution in [0.25, 0.3) is 33.1 Å². The van der Waals surface area contributed by atoms with Crippen LogP contribution in [-0.4, -0.2) is 112 Å². The molecule has 14 nitrogen and oxygen atoms in total. The number of thioether (sulfide) groups is 1. The highest BCUT2D eigenvalue weighted by Crippen LogP contribution is 2.40. The maximum absolute atomic E-state index is 17.3. The Hall–Kier alpha value is -4.06. The summed E-state index contributed by atoms with van der Waals surface area (Å²) in [5.74, 6) is -0.144. The van der Waals surface area contributed by atoms with E-state index in [-0.39, 0.29) is 48.2 Å². The quantitative estimate of drug-likeness (QED) is 0.136. The molecule has 2 fully saturated rings. The average Bonchev–Trinajstić information content (AvgIpc) is 3.43. The highest BCUT2D eigenvalue weighted by Gasteiger charge is 2.29. The molecule has 0 radical (unpaired) electrons. The molecule has 296 valence electrons. The highest BCUT2D eigenvalue weighted by atomic mass is 32.2. The van der Waals surface area contributed by atoms with Crippen LogP contribution in [0, 0.1) is 12.7 Å². The molecule has 54 heavy (non-hydrogen) atoms. The SMILES string of the molecule is C=C(CC)COc1nc(N2CCOC[C@@H](ON(C)/C=C\N)C2)c2cnc(-c3c(CCCO)c(C)cc4c3cnn4C3CCCCO3)c(F)c2n1.CSC.O. The lowest BCUT2D eigenvalue weighted by Crippen LogP contribution is -2.37. The summed E-state index contributed by atoms with van der Waals surface area (Å²) in [7, 11) is 1.75. The molecular formula is C38H55FN8O6S. The molecule has 0 amide bonds. The van der Waals surface area contributed by atoms with Gasteiger partial charge in [-0.1, -0.05) is 13.5 Å². The van der Waals surface area contributed by atoms with E-state index in [2.05, 4.69) is 17.6 Å². The molecule has 16 heteroatoms. The van der Waals surface area contributed by atoms with Crippen LogP contribution in [0.5, 0.6) is 6.01 Å². The second kappa shape index (κ2) is 20.6. The number of benzene rings is 1. The third-order valence-electron chi connectivity index (χ3n) is 9.18. The number of aliphatic hydroxyl groups is 1. The zero-order valence-corrected chi connectivity index (χ0v) is 32.8. The first-order valence-corrected chi connectivity index (χ1v) is 19.8. The maximum Gasteiger partial charge on any atom is 0.319 e. The van der Waals surface area contributed by atoms with E-state index in [0.29, 0.717) is 62.5 Å². The number of pyridine rings is 1. The second-order valence-corrected chi connectivity index (χ2v) is 14.0. The van der Waals surface area contributed by atoms with Gasteiger partial charge < -0.3 is 35.4 Å². The molecule has 5 heterocycles. The van der Waals surface area contributed by atoms with Crippen molar-refractivity contribution in [3.05, 3.63) is 60.0 Å². The fourth-order valence-corrected chi connectivity index (χ4v) is 6.55. The minimum Gasteiger partial charge on any atom is -0.459 e. The molecule has 4 aromatic rings. The number of halogens is 1. The van der Waals surface area contributed by atoms with E-state index in [1.807, 2.05) is 35.9 Å². The Morgan fingerprint density at radius 2 is 2.02 bits per heavy atom. The van der Waals surface area contributed by atoms with E-state index in [1.54, 1.807) is 37.4 Å². The predicted octanol–water partition coefficient (Wildman–Crippen LogP) is 5.11. The molecule has 5 N–H and O–H groups in total. The number of aryl methyl sites for hydroxylation is 1. The summed E-state index contributed by atoms with van der Waals surface area (Å²) in [6.45, 7) is 10.5. The van der Waals surface area contributed by atoms with Gasteiger partial charge in [0.05, 0.1) is 36.9 Å². The molecule has 0 saturated carbocycles. The van der Waals surface area contributed by atoms with E-state index in [9.17, 15) is 5.11 Å². The lowest BCUT2D eigenvalue weighted by molar-refractivity contribution is -0.159. The Morgan fingerprint density at radius 1 is 1.22 bits per heavy atom. The van der Waals surface area contributed by atoms with E-state index in [1.165, 1.54) is 11.3 Å². The lowest BCUT2D eigenvalue weighted by atomic mass is 9.92. The van der Waals surface area contributed by atoms with Crippen molar-refractivity contribution in [2.45, 2.75) is 64.7 Å². The first-order valence-electron chi connectivity index (χ1n) is 18.1. The van der Waals surface area contributed by atoms with Gasteiger partial charge in [0.15, 0.2) is 12.0 Å². The van der Waals surface area contributed by atoms with Crippen LogP contribution in [0.3, 0.4) is 0 Å². The van der Waals surface area contributed by atoms with Crippen LogP contribution in [0.1, 0.15) is 56.4 Å². The van der Waals surface area contributed by atoms with Gasteiger partial charge in [-0.2, -0.15) is 26.8 Å². The molecule has 2 aliphatic rings. The molecule has 2 saturated heterocycles. The van der Waals surface area contributed by atoms with Crippen LogP contribution >= 0.6 is 11.8 Å². The average molecular weight is 771 g/mol. The fourth-order valence-electron chi connectivity index (χ4n) is 6.55. The smallest absolute Gasteiger partial charge is 0.319 e. The summed E-state index contributed by atoms with van der Waals surface area (Å²) >= 11 is 1.75. The molecule has 0 spiro atoms. The molecular weight excluding hydrogens is 716 g/mol. The van der Waals surface area contributed by atoms with E-state index in [4.69, 9.17) is 39.8 Å². The van der Waals surface area contributed by atoms with E-state index in [0.717, 1.165) is 53.3 Å². The number of hydrogen-bond donors (Lipinski definition) is 2. The van der Waals surface area contributed by atoms with Gasteiger partial charge in [-0.3, -0.25) is 14.9 Å². The van der Waals surface area contributed by atoms with Gasteiger partial charge >= 0.3 is 6.01 Å². The first kappa shape index (κ1) is 42.7. The number of rotatable bonds is 13. The summed E-state index contributed by atoms with van der Waals surface area (Å²) in [6.07, 6.45) is 14.6. The number of nitrogens with two attached hydrogens (primary N) is 1. The minimum absolute atomic E-state index is 0. The Bertz CT molecular complexity index is 1870. The van der Waals surface area contributed by atoms with E-state index >= 15 is 4.39 Å². The summed E-state index contributed by atoms with van der Waals surface area (Å²) < 4.78 is 37.1. The molecule has 1 unspecified atom stereocenters. The standard InChI is InChI=1S/C36H47FN8O5.C2H6S.H2O/c1-5-23(2)21-49-36-41-33-28(35(42-36)44-13-16-47-22-25(20-44)50-43(4)12-11-38)18-39-34(32(33)37)31-26(9-8-14-46)24(3)17-29-27(31)19-40-45(29)30-10-6-7-15-48-30;1-3-2;/h11-12,17-19,25,30,46H,2,5-10,13-16,20-22,38H2,1,3-4H3;1-2H3;1H2/b12-11-;;/t25-,30?;;/m0../s1. The number of aliphatic hydroxyl groups excluding tert-OH is 1. The number of aromatic nitrogens is 5. The van der Waals surface area contributed by atoms with Crippen LogP contribution in [0.4, 0.5) is 10.2 Å². The minimum atomic E-state index is -0.601.